The van der Waals surface area contributed by atoms with Gasteiger partial charge in [0.15, 0.2) is 0 Å². The number of hydrogen-bond acceptors (Lipinski definition) is 4. The molecule has 27 heavy (non-hydrogen) atoms. The molecule has 0 unspecified atom stereocenters. The Morgan fingerprint density at radius 1 is 1.15 bits per heavy atom. The van der Waals surface area contributed by atoms with Crippen LogP contribution in [0, 0.1) is 0 Å². The maximum atomic E-state index is 12.6. The minimum absolute atomic E-state index is 0.154. The summed E-state index contributed by atoms with van der Waals surface area (Å²) in [5.74, 6) is 1.81. The number of piperazine rings is 1. The maximum absolute atomic E-state index is 12.6. The van der Waals surface area contributed by atoms with Crippen LogP contribution in [0.3, 0.4) is 0 Å². The summed E-state index contributed by atoms with van der Waals surface area (Å²) in [6, 6.07) is 11.5. The Bertz CT molecular complexity index is 743. The topological polar surface area (TPSA) is 45.7 Å². The first kappa shape index (κ1) is 19.5. The number of pyridine rings is 1. The van der Waals surface area contributed by atoms with Crippen LogP contribution in [0.4, 0.5) is 5.82 Å². The van der Waals surface area contributed by atoms with Gasteiger partial charge in [-0.25, -0.2) is 4.98 Å². The second-order valence-corrected chi connectivity index (χ2v) is 7.11. The molecule has 2 heterocycles. The highest BCUT2D eigenvalue weighted by atomic mass is 35.5. The van der Waals surface area contributed by atoms with Crippen molar-refractivity contribution in [3.63, 3.8) is 0 Å². The number of aromatic nitrogens is 1. The Labute approximate surface area is 165 Å². The van der Waals surface area contributed by atoms with Gasteiger partial charge in [0, 0.05) is 32.4 Å². The molecular weight excluding hydrogens is 362 g/mol. The molecule has 1 saturated heterocycles. The lowest BCUT2D eigenvalue weighted by molar-refractivity contribution is -0.130. The van der Waals surface area contributed by atoms with Gasteiger partial charge in [0.1, 0.15) is 11.6 Å². The zero-order valence-electron chi connectivity index (χ0n) is 15.7. The molecule has 1 amide bonds. The SMILES string of the molecule is CCCCOc1ccc(CC(=O)N2CCN(c3ncccc3Cl)CC2)cc1. The van der Waals surface area contributed by atoms with Crippen LogP contribution in [0.5, 0.6) is 5.75 Å². The van der Waals surface area contributed by atoms with Gasteiger partial charge in [0.2, 0.25) is 5.91 Å². The highest BCUT2D eigenvalue weighted by Gasteiger charge is 2.23. The van der Waals surface area contributed by atoms with Crippen LogP contribution in [0.15, 0.2) is 42.6 Å². The Hall–Kier alpha value is -2.27. The fourth-order valence-corrected chi connectivity index (χ4v) is 3.34. The third-order valence-electron chi connectivity index (χ3n) is 4.72. The number of rotatable bonds is 7. The van der Waals surface area contributed by atoms with Gasteiger partial charge < -0.3 is 14.5 Å². The van der Waals surface area contributed by atoms with Gasteiger partial charge in [-0.1, -0.05) is 37.1 Å². The first-order valence-corrected chi connectivity index (χ1v) is 9.90. The van der Waals surface area contributed by atoms with Crippen LogP contribution < -0.4 is 9.64 Å². The van der Waals surface area contributed by atoms with Crippen molar-refractivity contribution in [1.82, 2.24) is 9.88 Å². The highest BCUT2D eigenvalue weighted by Crippen LogP contribution is 2.23. The normalized spacial score (nSPS) is 14.3. The molecule has 0 saturated carbocycles. The minimum Gasteiger partial charge on any atom is -0.494 e. The predicted octanol–water partition coefficient (Wildman–Crippen LogP) is 3.81. The van der Waals surface area contributed by atoms with E-state index in [9.17, 15) is 4.79 Å². The van der Waals surface area contributed by atoms with E-state index in [1.54, 1.807) is 6.20 Å². The van der Waals surface area contributed by atoms with Crippen molar-refractivity contribution in [3.05, 3.63) is 53.2 Å². The van der Waals surface area contributed by atoms with Crippen molar-refractivity contribution in [2.75, 3.05) is 37.7 Å². The van der Waals surface area contributed by atoms with E-state index < -0.39 is 0 Å². The van der Waals surface area contributed by atoms with Crippen LogP contribution in [0.2, 0.25) is 5.02 Å². The van der Waals surface area contributed by atoms with Crippen molar-refractivity contribution < 1.29 is 9.53 Å². The van der Waals surface area contributed by atoms with E-state index in [0.29, 0.717) is 24.5 Å². The molecule has 3 rings (SSSR count). The molecule has 0 radical (unpaired) electrons. The molecule has 0 bridgehead atoms. The smallest absolute Gasteiger partial charge is 0.227 e. The van der Waals surface area contributed by atoms with Gasteiger partial charge in [-0.15, -0.1) is 0 Å². The van der Waals surface area contributed by atoms with Crippen LogP contribution >= 0.6 is 11.6 Å². The van der Waals surface area contributed by atoms with Crippen molar-refractivity contribution in [2.24, 2.45) is 0 Å². The van der Waals surface area contributed by atoms with Gasteiger partial charge in [0.05, 0.1) is 18.1 Å². The van der Waals surface area contributed by atoms with E-state index >= 15 is 0 Å². The molecule has 0 aliphatic carbocycles. The molecule has 5 nitrogen and oxygen atoms in total. The average molecular weight is 388 g/mol. The molecule has 1 aromatic heterocycles. The summed E-state index contributed by atoms with van der Waals surface area (Å²) < 4.78 is 5.67. The quantitative estimate of drug-likeness (QED) is 0.678. The molecule has 144 valence electrons. The lowest BCUT2D eigenvalue weighted by Gasteiger charge is -2.35. The summed E-state index contributed by atoms with van der Waals surface area (Å²) in [5, 5.41) is 0.651. The first-order valence-electron chi connectivity index (χ1n) is 9.52. The van der Waals surface area contributed by atoms with E-state index in [0.717, 1.165) is 49.7 Å². The summed E-state index contributed by atoms with van der Waals surface area (Å²) in [6.07, 6.45) is 4.33. The average Bonchev–Trinajstić information content (AvgIpc) is 2.70. The fourth-order valence-electron chi connectivity index (χ4n) is 3.10. The molecule has 1 aromatic carbocycles. The van der Waals surface area contributed by atoms with E-state index in [1.165, 1.54) is 0 Å². The van der Waals surface area contributed by atoms with Crippen LogP contribution in [0.1, 0.15) is 25.3 Å². The van der Waals surface area contributed by atoms with Crippen LogP contribution in [0.25, 0.3) is 0 Å². The highest BCUT2D eigenvalue weighted by molar-refractivity contribution is 6.32. The number of ether oxygens (including phenoxy) is 1. The number of unbranched alkanes of at least 4 members (excludes halogenated alkanes) is 1. The number of anilines is 1. The van der Waals surface area contributed by atoms with Crippen molar-refractivity contribution in [3.8, 4) is 5.75 Å². The van der Waals surface area contributed by atoms with Crippen molar-refractivity contribution >= 4 is 23.3 Å². The number of hydrogen-bond donors (Lipinski definition) is 0. The van der Waals surface area contributed by atoms with E-state index in [2.05, 4.69) is 16.8 Å². The Morgan fingerprint density at radius 2 is 1.89 bits per heavy atom. The van der Waals surface area contributed by atoms with Crippen molar-refractivity contribution in [2.45, 2.75) is 26.2 Å². The summed E-state index contributed by atoms with van der Waals surface area (Å²) in [5.41, 5.74) is 1.01. The summed E-state index contributed by atoms with van der Waals surface area (Å²) >= 11 is 6.22. The Kier molecular flexibility index (Phi) is 6.93. The minimum atomic E-state index is 0.154. The molecule has 6 heteroatoms. The van der Waals surface area contributed by atoms with E-state index in [-0.39, 0.29) is 5.91 Å². The van der Waals surface area contributed by atoms with Crippen LogP contribution in [-0.4, -0.2) is 48.6 Å². The molecular formula is C21H26ClN3O2. The van der Waals surface area contributed by atoms with Gasteiger partial charge in [-0.05, 0) is 36.2 Å². The van der Waals surface area contributed by atoms with Gasteiger partial charge in [0.25, 0.3) is 0 Å². The van der Waals surface area contributed by atoms with Gasteiger partial charge in [-0.2, -0.15) is 0 Å². The number of halogens is 1. The molecule has 0 spiro atoms. The first-order chi connectivity index (χ1) is 13.2. The predicted molar refractivity (Wildman–Crippen MR) is 109 cm³/mol. The fraction of sp³-hybridized carbons (Fsp3) is 0.429. The molecule has 1 fully saturated rings. The van der Waals surface area contributed by atoms with Crippen molar-refractivity contribution in [1.29, 1.82) is 0 Å². The Balaban J connectivity index is 1.49. The number of nitrogens with zero attached hydrogens (tertiary/aromatic N) is 3. The summed E-state index contributed by atoms with van der Waals surface area (Å²) in [6.45, 7) is 5.73. The zero-order valence-corrected chi connectivity index (χ0v) is 16.5. The lowest BCUT2D eigenvalue weighted by atomic mass is 10.1. The largest absolute Gasteiger partial charge is 0.494 e. The second kappa shape index (κ2) is 9.60. The molecule has 1 aliphatic heterocycles. The van der Waals surface area contributed by atoms with Crippen LogP contribution in [-0.2, 0) is 11.2 Å². The number of carbonyl (C=O) groups is 1. The summed E-state index contributed by atoms with van der Waals surface area (Å²) in [7, 11) is 0. The number of benzene rings is 1. The third kappa shape index (κ3) is 5.36. The molecule has 0 N–H and O–H groups in total. The molecule has 0 atom stereocenters. The second-order valence-electron chi connectivity index (χ2n) is 6.70. The lowest BCUT2D eigenvalue weighted by Crippen LogP contribution is -2.49. The zero-order chi connectivity index (χ0) is 19.1. The summed E-state index contributed by atoms with van der Waals surface area (Å²) in [4.78, 5) is 21.0. The van der Waals surface area contributed by atoms with Gasteiger partial charge >= 0.3 is 0 Å². The monoisotopic (exact) mass is 387 g/mol. The van der Waals surface area contributed by atoms with E-state index in [4.69, 9.17) is 16.3 Å². The third-order valence-corrected chi connectivity index (χ3v) is 5.01. The van der Waals surface area contributed by atoms with Gasteiger partial charge in [-0.3, -0.25) is 4.79 Å². The molecule has 1 aliphatic rings. The number of carbonyl (C=O) groups excluding carboxylic acids is 1. The Morgan fingerprint density at radius 3 is 2.56 bits per heavy atom. The maximum Gasteiger partial charge on any atom is 0.227 e. The number of amides is 1. The standard InChI is InChI=1S/C21H26ClN3O2/c1-2-3-15-27-18-8-6-17(7-9-18)16-20(26)24-11-13-25(14-12-24)21-19(22)5-4-10-23-21/h4-10H,2-3,11-16H2,1H3. The molecule has 2 aromatic rings. The van der Waals surface area contributed by atoms with E-state index in [1.807, 2.05) is 41.3 Å².